The van der Waals surface area contributed by atoms with Gasteiger partial charge in [-0.2, -0.15) is 18.2 Å². The summed E-state index contributed by atoms with van der Waals surface area (Å²) in [6, 6.07) is 13.0. The van der Waals surface area contributed by atoms with Gasteiger partial charge in [0.05, 0.1) is 10.4 Å². The third-order valence-electron chi connectivity index (χ3n) is 5.04. The largest absolute Gasteiger partial charge is 0.383 e. The smallest absolute Gasteiger partial charge is 0.284 e. The number of pyridine rings is 1. The van der Waals surface area contributed by atoms with Crippen molar-refractivity contribution < 1.29 is 13.2 Å². The second-order valence-corrected chi connectivity index (χ2v) is 9.15. The molecule has 2 heterocycles. The average Bonchev–Trinajstić information content (AvgIpc) is 3.14. The minimum Gasteiger partial charge on any atom is -0.383 e. The first-order chi connectivity index (χ1) is 15.6. The third-order valence-corrected chi connectivity index (χ3v) is 6.35. The molecule has 0 bridgehead atoms. The van der Waals surface area contributed by atoms with E-state index in [-0.39, 0.29) is 27.2 Å². The Balaban J connectivity index is 1.85. The van der Waals surface area contributed by atoms with Crippen molar-refractivity contribution >= 4 is 44.2 Å². The van der Waals surface area contributed by atoms with E-state index in [9.17, 15) is 18.0 Å². The van der Waals surface area contributed by atoms with Crippen molar-refractivity contribution in [1.82, 2.24) is 14.9 Å². The van der Waals surface area contributed by atoms with Crippen LogP contribution in [0.25, 0.3) is 10.9 Å². The second-order valence-electron chi connectivity index (χ2n) is 7.49. The standard InChI is InChI=1S/C21H21N7O4S/c1-11-3-7-13(8-4-11)24-20(29)16-17-15(18(22)26-25-17)21(30)28(19(16)23)27-33(31,32)14-9-5-12(2)6-10-14/h3-10,27H,23H2,1-2H3,(H,24,29)(H3,22,25,26). The van der Waals surface area contributed by atoms with Gasteiger partial charge < -0.3 is 16.8 Å². The summed E-state index contributed by atoms with van der Waals surface area (Å²) in [5.41, 5.74) is 13.2. The first kappa shape index (κ1) is 21.9. The number of carbonyl (C=O) groups is 1. The molecule has 0 radical (unpaired) electrons. The minimum atomic E-state index is -4.22. The number of nitrogen functional groups attached to an aromatic ring is 2. The van der Waals surface area contributed by atoms with Gasteiger partial charge in [-0.15, -0.1) is 0 Å². The van der Waals surface area contributed by atoms with Crippen molar-refractivity contribution in [3.63, 3.8) is 0 Å². The van der Waals surface area contributed by atoms with Crippen LogP contribution in [0, 0.1) is 13.8 Å². The monoisotopic (exact) mass is 467 g/mol. The number of amides is 1. The predicted molar refractivity (Wildman–Crippen MR) is 126 cm³/mol. The van der Waals surface area contributed by atoms with Gasteiger partial charge in [0.15, 0.2) is 5.82 Å². The van der Waals surface area contributed by atoms with E-state index < -0.39 is 27.3 Å². The lowest BCUT2D eigenvalue weighted by Gasteiger charge is -2.16. The van der Waals surface area contributed by atoms with Gasteiger partial charge in [0.25, 0.3) is 21.5 Å². The van der Waals surface area contributed by atoms with Crippen molar-refractivity contribution in [3.05, 3.63) is 75.6 Å². The second kappa shape index (κ2) is 7.98. The van der Waals surface area contributed by atoms with E-state index >= 15 is 0 Å². The molecule has 170 valence electrons. The zero-order valence-corrected chi connectivity index (χ0v) is 18.5. The van der Waals surface area contributed by atoms with E-state index in [0.29, 0.717) is 10.4 Å². The van der Waals surface area contributed by atoms with E-state index in [0.717, 1.165) is 11.1 Å². The van der Waals surface area contributed by atoms with Crippen molar-refractivity contribution in [2.75, 3.05) is 21.6 Å². The highest BCUT2D eigenvalue weighted by Crippen LogP contribution is 2.24. The summed E-state index contributed by atoms with van der Waals surface area (Å²) in [6.45, 7) is 3.71. The summed E-state index contributed by atoms with van der Waals surface area (Å²) in [5.74, 6) is -1.33. The summed E-state index contributed by atoms with van der Waals surface area (Å²) in [4.78, 5) is 28.2. The number of hydrogen-bond acceptors (Lipinski definition) is 7. The fourth-order valence-electron chi connectivity index (χ4n) is 3.26. The molecule has 0 unspecified atom stereocenters. The van der Waals surface area contributed by atoms with Gasteiger partial charge in [0, 0.05) is 5.69 Å². The number of nitrogens with zero attached hydrogens (tertiary/aromatic N) is 2. The van der Waals surface area contributed by atoms with Gasteiger partial charge in [-0.25, -0.2) is 4.83 Å². The van der Waals surface area contributed by atoms with Crippen molar-refractivity contribution in [3.8, 4) is 0 Å². The van der Waals surface area contributed by atoms with Crippen LogP contribution >= 0.6 is 0 Å². The zero-order chi connectivity index (χ0) is 23.9. The Kier molecular flexibility index (Phi) is 5.30. The fourth-order valence-corrected chi connectivity index (χ4v) is 4.28. The van der Waals surface area contributed by atoms with Crippen molar-refractivity contribution in [2.45, 2.75) is 18.7 Å². The van der Waals surface area contributed by atoms with E-state index in [1.165, 1.54) is 12.1 Å². The van der Waals surface area contributed by atoms with Gasteiger partial charge in [-0.1, -0.05) is 35.4 Å². The van der Waals surface area contributed by atoms with E-state index in [2.05, 4.69) is 20.3 Å². The maximum atomic E-state index is 13.1. The van der Waals surface area contributed by atoms with Gasteiger partial charge in [-0.05, 0) is 38.1 Å². The molecule has 4 rings (SSSR count). The number of aryl methyl sites for hydroxylation is 2. The number of H-pyrrole nitrogens is 1. The molecule has 0 aliphatic carbocycles. The van der Waals surface area contributed by atoms with E-state index in [4.69, 9.17) is 11.5 Å². The maximum Gasteiger partial charge on any atom is 0.284 e. The number of anilines is 3. The number of benzene rings is 2. The molecule has 0 aliphatic rings. The summed E-state index contributed by atoms with van der Waals surface area (Å²) in [5, 5.41) is 8.83. The van der Waals surface area contributed by atoms with Gasteiger partial charge >= 0.3 is 0 Å². The fraction of sp³-hybridized carbons (Fsp3) is 0.0952. The quantitative estimate of drug-likeness (QED) is 0.296. The molecule has 1 amide bonds. The molecule has 0 saturated carbocycles. The molecular weight excluding hydrogens is 446 g/mol. The molecule has 0 saturated heterocycles. The molecule has 0 fully saturated rings. The maximum absolute atomic E-state index is 13.1. The number of rotatable bonds is 5. The highest BCUT2D eigenvalue weighted by atomic mass is 32.2. The lowest BCUT2D eigenvalue weighted by Crippen LogP contribution is -2.36. The molecule has 33 heavy (non-hydrogen) atoms. The van der Waals surface area contributed by atoms with Crippen LogP contribution in [0.5, 0.6) is 0 Å². The van der Waals surface area contributed by atoms with Crippen LogP contribution in [-0.4, -0.2) is 29.2 Å². The highest BCUT2D eigenvalue weighted by Gasteiger charge is 2.26. The van der Waals surface area contributed by atoms with Crippen LogP contribution in [0.4, 0.5) is 17.3 Å². The summed E-state index contributed by atoms with van der Waals surface area (Å²) < 4.78 is 26.4. The Hall–Kier alpha value is -4.32. The minimum absolute atomic E-state index is 0.00889. The van der Waals surface area contributed by atoms with Crippen LogP contribution in [0.15, 0.2) is 58.2 Å². The number of nitrogens with one attached hydrogen (secondary N) is 3. The van der Waals surface area contributed by atoms with Crippen LogP contribution in [0.2, 0.25) is 0 Å². The van der Waals surface area contributed by atoms with Crippen LogP contribution in [0.3, 0.4) is 0 Å². The Labute approximate surface area is 188 Å². The third kappa shape index (κ3) is 3.99. The molecule has 4 aromatic rings. The first-order valence-electron chi connectivity index (χ1n) is 9.74. The Bertz CT molecular complexity index is 1540. The molecule has 2 aromatic carbocycles. The van der Waals surface area contributed by atoms with Crippen LogP contribution < -0.4 is 27.2 Å². The SMILES string of the molecule is Cc1ccc(NC(=O)c2c(N)n(NS(=O)(=O)c3ccc(C)cc3)c(=O)c3c(N)n[nH]c23)cc1. The predicted octanol–water partition coefficient (Wildman–Crippen LogP) is 1.69. The number of aromatic amines is 1. The van der Waals surface area contributed by atoms with Crippen LogP contribution in [0.1, 0.15) is 21.5 Å². The summed E-state index contributed by atoms with van der Waals surface area (Å²) >= 11 is 0. The number of fused-ring (bicyclic) bond motifs is 1. The number of nitrogens with two attached hydrogens (primary N) is 2. The molecule has 11 nitrogen and oxygen atoms in total. The summed E-state index contributed by atoms with van der Waals surface area (Å²) in [6.07, 6.45) is 0. The van der Waals surface area contributed by atoms with Crippen molar-refractivity contribution in [1.29, 1.82) is 0 Å². The molecule has 0 spiro atoms. The Morgan fingerprint density at radius 2 is 1.58 bits per heavy atom. The zero-order valence-electron chi connectivity index (χ0n) is 17.7. The molecular formula is C21H21N7O4S. The Morgan fingerprint density at radius 3 is 2.18 bits per heavy atom. The molecule has 7 N–H and O–H groups in total. The van der Waals surface area contributed by atoms with E-state index in [1.54, 1.807) is 43.3 Å². The van der Waals surface area contributed by atoms with Gasteiger partial charge in [0.1, 0.15) is 16.8 Å². The number of carbonyl (C=O) groups excluding carboxylic acids is 1. The first-order valence-corrected chi connectivity index (χ1v) is 11.2. The molecule has 2 aromatic heterocycles. The molecule has 12 heteroatoms. The molecule has 0 atom stereocenters. The number of aromatic nitrogens is 3. The normalized spacial score (nSPS) is 11.5. The number of hydrogen-bond donors (Lipinski definition) is 5. The average molecular weight is 468 g/mol. The lowest BCUT2D eigenvalue weighted by atomic mass is 10.1. The van der Waals surface area contributed by atoms with Crippen LogP contribution in [-0.2, 0) is 10.0 Å². The molecule has 0 aliphatic heterocycles. The van der Waals surface area contributed by atoms with Gasteiger partial charge in [0.2, 0.25) is 0 Å². The van der Waals surface area contributed by atoms with E-state index in [1.807, 2.05) is 6.92 Å². The number of sulfonamides is 1. The Morgan fingerprint density at radius 1 is 1.00 bits per heavy atom. The van der Waals surface area contributed by atoms with Crippen molar-refractivity contribution in [2.24, 2.45) is 0 Å². The lowest BCUT2D eigenvalue weighted by molar-refractivity contribution is 0.102. The summed E-state index contributed by atoms with van der Waals surface area (Å²) in [7, 11) is -4.22. The van der Waals surface area contributed by atoms with Gasteiger partial charge in [-0.3, -0.25) is 14.7 Å². The topological polar surface area (TPSA) is 178 Å². The highest BCUT2D eigenvalue weighted by molar-refractivity contribution is 7.92.